The van der Waals surface area contributed by atoms with Crippen LogP contribution in [0.3, 0.4) is 0 Å². The highest BCUT2D eigenvalue weighted by atomic mass is 32.1. The minimum absolute atomic E-state index is 0.693. The zero-order valence-corrected chi connectivity index (χ0v) is 9.32. The van der Waals surface area contributed by atoms with Gasteiger partial charge in [0.1, 0.15) is 10.0 Å². The van der Waals surface area contributed by atoms with E-state index in [0.29, 0.717) is 5.92 Å². The van der Waals surface area contributed by atoms with E-state index in [-0.39, 0.29) is 0 Å². The molecule has 0 atom stereocenters. The fourth-order valence-corrected chi connectivity index (χ4v) is 1.72. The van der Waals surface area contributed by atoms with Gasteiger partial charge in [0.05, 0.1) is 0 Å². The molecule has 74 valence electrons. The Morgan fingerprint density at radius 1 is 1.31 bits per heavy atom. The highest BCUT2D eigenvalue weighted by Crippen LogP contribution is 2.09. The minimum atomic E-state index is 0.693. The van der Waals surface area contributed by atoms with Crippen molar-refractivity contribution in [3.63, 3.8) is 0 Å². The molecule has 1 aromatic heterocycles. The van der Waals surface area contributed by atoms with Crippen molar-refractivity contribution in [3.05, 3.63) is 10.0 Å². The molecular formula is C9H17N3S. The number of hydrogen-bond donors (Lipinski definition) is 1. The van der Waals surface area contributed by atoms with Gasteiger partial charge in [0.25, 0.3) is 0 Å². The highest BCUT2D eigenvalue weighted by Gasteiger charge is 2.01. The Morgan fingerprint density at radius 3 is 2.54 bits per heavy atom. The van der Waals surface area contributed by atoms with Crippen molar-refractivity contribution in [2.75, 3.05) is 6.54 Å². The average molecular weight is 199 g/mol. The molecule has 3 nitrogen and oxygen atoms in total. The summed E-state index contributed by atoms with van der Waals surface area (Å²) in [6.07, 6.45) is 0.988. The van der Waals surface area contributed by atoms with Crippen molar-refractivity contribution in [2.45, 2.75) is 33.7 Å². The van der Waals surface area contributed by atoms with Crippen LogP contribution in [-0.2, 0) is 13.0 Å². The quantitative estimate of drug-likeness (QED) is 0.786. The van der Waals surface area contributed by atoms with Gasteiger partial charge in [-0.25, -0.2) is 0 Å². The Hall–Kier alpha value is -0.480. The smallest absolute Gasteiger partial charge is 0.131 e. The van der Waals surface area contributed by atoms with Crippen LogP contribution in [0.15, 0.2) is 0 Å². The lowest BCUT2D eigenvalue weighted by molar-refractivity contribution is 0.550. The first-order valence-corrected chi connectivity index (χ1v) is 5.56. The summed E-state index contributed by atoms with van der Waals surface area (Å²) in [5.74, 6) is 0.693. The number of rotatable bonds is 5. The van der Waals surface area contributed by atoms with E-state index in [4.69, 9.17) is 0 Å². The molecule has 4 heteroatoms. The molecule has 0 saturated heterocycles. The summed E-state index contributed by atoms with van der Waals surface area (Å²) in [4.78, 5) is 0. The zero-order valence-electron chi connectivity index (χ0n) is 8.50. The highest BCUT2D eigenvalue weighted by molar-refractivity contribution is 7.11. The van der Waals surface area contributed by atoms with Gasteiger partial charge in [-0.3, -0.25) is 0 Å². The molecule has 0 amide bonds. The van der Waals surface area contributed by atoms with Crippen molar-refractivity contribution in [1.29, 1.82) is 0 Å². The first-order chi connectivity index (χ1) is 6.22. The lowest BCUT2D eigenvalue weighted by Crippen LogP contribution is -2.18. The van der Waals surface area contributed by atoms with Gasteiger partial charge in [-0.05, 0) is 18.9 Å². The molecule has 0 spiro atoms. The Morgan fingerprint density at radius 2 is 2.00 bits per heavy atom. The average Bonchev–Trinajstić information content (AvgIpc) is 2.52. The number of aryl methyl sites for hydroxylation is 1. The third-order valence-corrected chi connectivity index (χ3v) is 2.71. The maximum Gasteiger partial charge on any atom is 0.131 e. The molecular weight excluding hydrogens is 182 g/mol. The molecule has 1 aromatic rings. The van der Waals surface area contributed by atoms with Crippen LogP contribution < -0.4 is 5.32 Å². The molecule has 0 aromatic carbocycles. The van der Waals surface area contributed by atoms with E-state index in [9.17, 15) is 0 Å². The van der Waals surface area contributed by atoms with E-state index in [1.807, 2.05) is 0 Å². The van der Waals surface area contributed by atoms with Crippen LogP contribution in [0.1, 0.15) is 30.8 Å². The number of nitrogens with one attached hydrogen (secondary N) is 1. The summed E-state index contributed by atoms with van der Waals surface area (Å²) in [5.41, 5.74) is 0. The first-order valence-electron chi connectivity index (χ1n) is 4.74. The van der Waals surface area contributed by atoms with Crippen molar-refractivity contribution in [3.8, 4) is 0 Å². The topological polar surface area (TPSA) is 37.8 Å². The predicted molar refractivity (Wildman–Crippen MR) is 55.8 cm³/mol. The third kappa shape index (κ3) is 3.83. The summed E-state index contributed by atoms with van der Waals surface area (Å²) >= 11 is 1.70. The fraction of sp³-hybridized carbons (Fsp3) is 0.778. The van der Waals surface area contributed by atoms with Gasteiger partial charge in [0.2, 0.25) is 0 Å². The van der Waals surface area contributed by atoms with Gasteiger partial charge in [0, 0.05) is 6.54 Å². The number of aromatic nitrogens is 2. The van der Waals surface area contributed by atoms with Crippen molar-refractivity contribution < 1.29 is 0 Å². The van der Waals surface area contributed by atoms with Crippen LogP contribution in [0.5, 0.6) is 0 Å². The number of nitrogens with zero attached hydrogens (tertiary/aromatic N) is 2. The van der Waals surface area contributed by atoms with Crippen LogP contribution in [0, 0.1) is 5.92 Å². The second kappa shape index (κ2) is 5.29. The summed E-state index contributed by atoms with van der Waals surface area (Å²) in [7, 11) is 0. The standard InChI is InChI=1S/C9H17N3S/c1-4-8-11-12-9(13-8)6-10-5-7(2)3/h7,10H,4-6H2,1-3H3. The second-order valence-electron chi connectivity index (χ2n) is 3.47. The Bertz CT molecular complexity index is 245. The fourth-order valence-electron chi connectivity index (χ4n) is 0.970. The molecule has 0 aliphatic carbocycles. The summed E-state index contributed by atoms with van der Waals surface area (Å²) in [6, 6.07) is 0. The molecule has 1 N–H and O–H groups in total. The Kier molecular flexibility index (Phi) is 4.32. The molecule has 0 radical (unpaired) electrons. The lowest BCUT2D eigenvalue weighted by Gasteiger charge is -2.03. The lowest BCUT2D eigenvalue weighted by atomic mass is 10.2. The molecule has 0 unspecified atom stereocenters. The van der Waals surface area contributed by atoms with Gasteiger partial charge in [-0.1, -0.05) is 20.8 Å². The maximum absolute atomic E-state index is 4.09. The maximum atomic E-state index is 4.09. The molecule has 1 rings (SSSR count). The van der Waals surface area contributed by atoms with Gasteiger partial charge in [-0.15, -0.1) is 21.5 Å². The third-order valence-electron chi connectivity index (χ3n) is 1.64. The van der Waals surface area contributed by atoms with Gasteiger partial charge < -0.3 is 5.32 Å². The Balaban J connectivity index is 2.28. The molecule has 0 saturated carbocycles. The van der Waals surface area contributed by atoms with E-state index in [1.54, 1.807) is 11.3 Å². The van der Waals surface area contributed by atoms with Crippen molar-refractivity contribution in [1.82, 2.24) is 15.5 Å². The van der Waals surface area contributed by atoms with Crippen molar-refractivity contribution >= 4 is 11.3 Å². The monoisotopic (exact) mass is 199 g/mol. The molecule has 1 heterocycles. The predicted octanol–water partition coefficient (Wildman–Crippen LogP) is 1.85. The van der Waals surface area contributed by atoms with Crippen LogP contribution >= 0.6 is 11.3 Å². The minimum Gasteiger partial charge on any atom is -0.310 e. The summed E-state index contributed by atoms with van der Waals surface area (Å²) in [6.45, 7) is 8.40. The van der Waals surface area contributed by atoms with Crippen molar-refractivity contribution in [2.24, 2.45) is 5.92 Å². The number of hydrogen-bond acceptors (Lipinski definition) is 4. The van der Waals surface area contributed by atoms with Gasteiger partial charge >= 0.3 is 0 Å². The molecule has 0 aliphatic rings. The first kappa shape index (κ1) is 10.6. The van der Waals surface area contributed by atoms with Gasteiger partial charge in [-0.2, -0.15) is 0 Å². The van der Waals surface area contributed by atoms with Crippen LogP contribution in [0.25, 0.3) is 0 Å². The van der Waals surface area contributed by atoms with Gasteiger partial charge in [0.15, 0.2) is 0 Å². The van der Waals surface area contributed by atoms with E-state index < -0.39 is 0 Å². The molecule has 0 aliphatic heterocycles. The van der Waals surface area contributed by atoms with E-state index in [0.717, 1.165) is 29.5 Å². The zero-order chi connectivity index (χ0) is 9.68. The molecule has 0 bridgehead atoms. The molecule has 13 heavy (non-hydrogen) atoms. The summed E-state index contributed by atoms with van der Waals surface area (Å²) in [5, 5.41) is 13.7. The largest absolute Gasteiger partial charge is 0.310 e. The van der Waals surface area contributed by atoms with E-state index in [1.165, 1.54) is 0 Å². The van der Waals surface area contributed by atoms with E-state index in [2.05, 4.69) is 36.3 Å². The summed E-state index contributed by atoms with van der Waals surface area (Å²) < 4.78 is 0. The molecule has 0 fully saturated rings. The normalized spacial score (nSPS) is 11.1. The SMILES string of the molecule is CCc1nnc(CNCC(C)C)s1. The van der Waals surface area contributed by atoms with E-state index >= 15 is 0 Å². The Labute approximate surface area is 83.6 Å². The second-order valence-corrected chi connectivity index (χ2v) is 4.61. The van der Waals surface area contributed by atoms with Crippen LogP contribution in [-0.4, -0.2) is 16.7 Å². The van der Waals surface area contributed by atoms with Crippen LogP contribution in [0.2, 0.25) is 0 Å². The van der Waals surface area contributed by atoms with Crippen LogP contribution in [0.4, 0.5) is 0 Å².